The minimum Gasteiger partial charge on any atom is -0.321 e. The van der Waals surface area contributed by atoms with Gasteiger partial charge in [0.25, 0.3) is 5.91 Å². The van der Waals surface area contributed by atoms with E-state index in [1.54, 1.807) is 18.3 Å². The highest BCUT2D eigenvalue weighted by molar-refractivity contribution is 6.03. The van der Waals surface area contributed by atoms with Gasteiger partial charge < -0.3 is 5.32 Å². The van der Waals surface area contributed by atoms with Crippen LogP contribution in [0.3, 0.4) is 0 Å². The van der Waals surface area contributed by atoms with Crippen LogP contribution in [-0.2, 0) is 0 Å². The number of carbonyl (C=O) groups excluding carboxylic acids is 1. The number of hydrogen-bond acceptors (Lipinski definition) is 3. The molecule has 5 heteroatoms. The van der Waals surface area contributed by atoms with Crippen molar-refractivity contribution in [3.05, 3.63) is 66.4 Å². The average Bonchev–Trinajstić information content (AvgIpc) is 2.47. The van der Waals surface area contributed by atoms with E-state index in [4.69, 9.17) is 0 Å². The zero-order valence-electron chi connectivity index (χ0n) is 10.4. The minimum absolute atomic E-state index is 0.0382. The van der Waals surface area contributed by atoms with E-state index in [1.165, 1.54) is 18.2 Å². The second-order valence-electron chi connectivity index (χ2n) is 4.21. The summed E-state index contributed by atoms with van der Waals surface area (Å²) in [5.41, 5.74) is 1.49. The summed E-state index contributed by atoms with van der Waals surface area (Å²) in [7, 11) is 0. The van der Waals surface area contributed by atoms with Crippen LogP contribution in [0, 0.1) is 5.95 Å². The van der Waals surface area contributed by atoms with Gasteiger partial charge in [-0.05, 0) is 36.4 Å². The first-order chi connectivity index (χ1) is 9.72. The summed E-state index contributed by atoms with van der Waals surface area (Å²) in [6, 6.07) is 13.2. The smallest absolute Gasteiger partial charge is 0.274 e. The van der Waals surface area contributed by atoms with Crippen molar-refractivity contribution in [2.45, 2.75) is 0 Å². The van der Waals surface area contributed by atoms with Crippen molar-refractivity contribution >= 4 is 22.5 Å². The fraction of sp³-hybridized carbons (Fsp3) is 0. The van der Waals surface area contributed by atoms with Crippen LogP contribution in [0.15, 0.2) is 54.7 Å². The van der Waals surface area contributed by atoms with E-state index in [0.717, 1.165) is 10.9 Å². The number of fused-ring (bicyclic) bond motifs is 1. The lowest BCUT2D eigenvalue weighted by Gasteiger charge is -2.05. The molecule has 1 N–H and O–H groups in total. The predicted molar refractivity (Wildman–Crippen MR) is 73.9 cm³/mol. The molecule has 0 aliphatic heterocycles. The fourth-order valence-electron chi connectivity index (χ4n) is 1.88. The fourth-order valence-corrected chi connectivity index (χ4v) is 1.88. The van der Waals surface area contributed by atoms with Crippen LogP contribution in [0.25, 0.3) is 10.9 Å². The first-order valence-corrected chi connectivity index (χ1v) is 6.01. The van der Waals surface area contributed by atoms with E-state index in [0.29, 0.717) is 5.69 Å². The van der Waals surface area contributed by atoms with Crippen molar-refractivity contribution in [3.63, 3.8) is 0 Å². The largest absolute Gasteiger partial charge is 0.321 e. The van der Waals surface area contributed by atoms with Crippen LogP contribution in [0.1, 0.15) is 10.5 Å². The van der Waals surface area contributed by atoms with Gasteiger partial charge in [0.1, 0.15) is 5.69 Å². The van der Waals surface area contributed by atoms with Crippen LogP contribution in [0.2, 0.25) is 0 Å². The summed E-state index contributed by atoms with van der Waals surface area (Å²) in [5.74, 6) is -1.13. The molecule has 0 spiro atoms. The molecule has 0 atom stereocenters. The number of hydrogen-bond donors (Lipinski definition) is 1. The number of pyridine rings is 2. The molecule has 0 aliphatic carbocycles. The Morgan fingerprint density at radius 3 is 2.85 bits per heavy atom. The highest BCUT2D eigenvalue weighted by atomic mass is 19.1. The normalized spacial score (nSPS) is 10.4. The first-order valence-electron chi connectivity index (χ1n) is 6.01. The summed E-state index contributed by atoms with van der Waals surface area (Å²) >= 11 is 0. The number of carbonyl (C=O) groups is 1. The summed E-state index contributed by atoms with van der Waals surface area (Å²) in [6.45, 7) is 0. The molecule has 1 aromatic carbocycles. The van der Waals surface area contributed by atoms with E-state index >= 15 is 0 Å². The summed E-state index contributed by atoms with van der Waals surface area (Å²) in [5, 5.41) is 3.60. The Hall–Kier alpha value is -2.82. The molecule has 0 saturated heterocycles. The van der Waals surface area contributed by atoms with Crippen LogP contribution >= 0.6 is 0 Å². The quantitative estimate of drug-likeness (QED) is 0.726. The second-order valence-corrected chi connectivity index (χ2v) is 4.21. The molecule has 1 amide bonds. The Kier molecular flexibility index (Phi) is 3.09. The molecule has 0 unspecified atom stereocenters. The van der Waals surface area contributed by atoms with Gasteiger partial charge in [-0.15, -0.1) is 0 Å². The highest BCUT2D eigenvalue weighted by Crippen LogP contribution is 2.17. The average molecular weight is 267 g/mol. The first kappa shape index (κ1) is 12.2. The zero-order valence-corrected chi connectivity index (χ0v) is 10.4. The van der Waals surface area contributed by atoms with Crippen molar-refractivity contribution in [3.8, 4) is 0 Å². The maximum atomic E-state index is 13.0. The number of amides is 1. The second kappa shape index (κ2) is 5.05. The summed E-state index contributed by atoms with van der Waals surface area (Å²) in [4.78, 5) is 19.7. The third-order valence-electron chi connectivity index (χ3n) is 2.81. The monoisotopic (exact) mass is 267 g/mol. The molecule has 0 fully saturated rings. The van der Waals surface area contributed by atoms with E-state index in [9.17, 15) is 9.18 Å². The Balaban J connectivity index is 1.87. The van der Waals surface area contributed by atoms with Crippen LogP contribution in [0.4, 0.5) is 10.1 Å². The molecular weight excluding hydrogens is 257 g/mol. The minimum atomic E-state index is -0.680. The van der Waals surface area contributed by atoms with Gasteiger partial charge in [0.05, 0.1) is 5.52 Å². The lowest BCUT2D eigenvalue weighted by molar-refractivity contribution is 0.102. The Labute approximate surface area is 114 Å². The molecule has 0 saturated carbocycles. The molecule has 3 aromatic rings. The third kappa shape index (κ3) is 2.47. The molecule has 3 rings (SSSR count). The molecule has 0 bridgehead atoms. The SMILES string of the molecule is O=C(Nc1ccc2ncccc2c1)c1cccc(F)n1. The van der Waals surface area contributed by atoms with Gasteiger partial charge >= 0.3 is 0 Å². The molecule has 20 heavy (non-hydrogen) atoms. The number of benzene rings is 1. The number of anilines is 1. The van der Waals surface area contributed by atoms with Crippen molar-refractivity contribution < 1.29 is 9.18 Å². The molecule has 98 valence electrons. The Morgan fingerprint density at radius 1 is 1.10 bits per heavy atom. The lowest BCUT2D eigenvalue weighted by Crippen LogP contribution is -2.14. The standard InChI is InChI=1S/C15H10FN3O/c16-14-5-1-4-13(19-14)15(20)18-11-6-7-12-10(9-11)3-2-8-17-12/h1-9H,(H,18,20). The number of nitrogens with one attached hydrogen (secondary N) is 1. The van der Waals surface area contributed by atoms with Gasteiger partial charge in [-0.25, -0.2) is 4.98 Å². The summed E-state index contributed by atoms with van der Waals surface area (Å²) < 4.78 is 13.0. The van der Waals surface area contributed by atoms with Crippen molar-refractivity contribution in [1.29, 1.82) is 0 Å². The molecule has 0 radical (unpaired) electrons. The molecule has 2 aromatic heterocycles. The van der Waals surface area contributed by atoms with Gasteiger partial charge in [-0.3, -0.25) is 9.78 Å². The van der Waals surface area contributed by atoms with Gasteiger partial charge in [-0.2, -0.15) is 4.39 Å². The molecule has 4 nitrogen and oxygen atoms in total. The van der Waals surface area contributed by atoms with Gasteiger partial charge in [-0.1, -0.05) is 12.1 Å². The maximum Gasteiger partial charge on any atom is 0.274 e. The van der Waals surface area contributed by atoms with Gasteiger partial charge in [0, 0.05) is 17.3 Å². The van der Waals surface area contributed by atoms with E-state index < -0.39 is 11.9 Å². The topological polar surface area (TPSA) is 54.9 Å². The van der Waals surface area contributed by atoms with Crippen LogP contribution in [-0.4, -0.2) is 15.9 Å². The van der Waals surface area contributed by atoms with Crippen molar-refractivity contribution in [1.82, 2.24) is 9.97 Å². The van der Waals surface area contributed by atoms with Crippen molar-refractivity contribution in [2.75, 3.05) is 5.32 Å². The number of rotatable bonds is 2. The maximum absolute atomic E-state index is 13.0. The number of aromatic nitrogens is 2. The van der Waals surface area contributed by atoms with Crippen LogP contribution in [0.5, 0.6) is 0 Å². The van der Waals surface area contributed by atoms with Crippen LogP contribution < -0.4 is 5.32 Å². The molecule has 2 heterocycles. The van der Waals surface area contributed by atoms with E-state index in [2.05, 4.69) is 15.3 Å². The number of nitrogens with zero attached hydrogens (tertiary/aromatic N) is 2. The highest BCUT2D eigenvalue weighted by Gasteiger charge is 2.08. The lowest BCUT2D eigenvalue weighted by atomic mass is 10.2. The molecular formula is C15H10FN3O. The Morgan fingerprint density at radius 2 is 2.00 bits per heavy atom. The van der Waals surface area contributed by atoms with E-state index in [1.807, 2.05) is 18.2 Å². The van der Waals surface area contributed by atoms with Gasteiger partial charge in [0.15, 0.2) is 0 Å². The number of halogens is 1. The Bertz CT molecular complexity index is 789. The molecule has 0 aliphatic rings. The zero-order chi connectivity index (χ0) is 13.9. The predicted octanol–water partition coefficient (Wildman–Crippen LogP) is 3.02. The van der Waals surface area contributed by atoms with Crippen molar-refractivity contribution in [2.24, 2.45) is 0 Å². The van der Waals surface area contributed by atoms with Gasteiger partial charge in [0.2, 0.25) is 5.95 Å². The third-order valence-corrected chi connectivity index (χ3v) is 2.81. The van der Waals surface area contributed by atoms with E-state index in [-0.39, 0.29) is 5.69 Å². The summed E-state index contributed by atoms with van der Waals surface area (Å²) in [6.07, 6.45) is 1.71.